The Morgan fingerprint density at radius 3 is 2.71 bits per heavy atom. The fraction of sp³-hybridized carbons (Fsp3) is 0.500. The second-order valence-electron chi connectivity index (χ2n) is 5.85. The molecule has 1 aromatic rings. The van der Waals surface area contributed by atoms with E-state index in [0.29, 0.717) is 18.9 Å². The van der Waals surface area contributed by atoms with Crippen LogP contribution in [0.5, 0.6) is 0 Å². The molecule has 114 valence electrons. The van der Waals surface area contributed by atoms with Gasteiger partial charge in [-0.1, -0.05) is 35.8 Å². The van der Waals surface area contributed by atoms with E-state index in [0.717, 1.165) is 10.2 Å². The molecule has 1 aliphatic rings. The molecule has 2 atom stereocenters. The van der Waals surface area contributed by atoms with E-state index in [9.17, 15) is 9.59 Å². The summed E-state index contributed by atoms with van der Waals surface area (Å²) in [5, 5.41) is 2.94. The molecular formula is C16H21BrN2O2. The van der Waals surface area contributed by atoms with Crippen molar-refractivity contribution in [2.75, 3.05) is 11.4 Å². The highest BCUT2D eigenvalue weighted by Gasteiger charge is 2.38. The maximum atomic E-state index is 12.5. The van der Waals surface area contributed by atoms with Crippen molar-refractivity contribution in [2.45, 2.75) is 33.2 Å². The number of nitrogens with one attached hydrogen (secondary N) is 1. The molecule has 1 aliphatic heterocycles. The molecule has 2 unspecified atom stereocenters. The van der Waals surface area contributed by atoms with Gasteiger partial charge >= 0.3 is 0 Å². The van der Waals surface area contributed by atoms with Gasteiger partial charge in [0.1, 0.15) is 5.92 Å². The first-order chi connectivity index (χ1) is 9.90. The number of halogens is 1. The highest BCUT2D eigenvalue weighted by Crippen LogP contribution is 2.27. The quantitative estimate of drug-likeness (QED) is 0.846. The minimum absolute atomic E-state index is 0.0743. The van der Waals surface area contributed by atoms with Crippen molar-refractivity contribution in [1.82, 2.24) is 5.32 Å². The van der Waals surface area contributed by atoms with Crippen LogP contribution in [0.25, 0.3) is 0 Å². The van der Waals surface area contributed by atoms with E-state index < -0.39 is 5.92 Å². The Labute approximate surface area is 134 Å². The van der Waals surface area contributed by atoms with Gasteiger partial charge in [0.25, 0.3) is 0 Å². The number of hydrogen-bond acceptors (Lipinski definition) is 2. The van der Waals surface area contributed by atoms with Gasteiger partial charge in [-0.3, -0.25) is 9.59 Å². The average molecular weight is 353 g/mol. The van der Waals surface area contributed by atoms with E-state index in [4.69, 9.17) is 0 Å². The standard InChI is InChI=1S/C16H21BrN2O2/c1-10(2)11(3)18-15(20)14-7-8-19(16(14)21)13-6-4-5-12(17)9-13/h4-6,9-11,14H,7-8H2,1-3H3,(H,18,20). The maximum absolute atomic E-state index is 12.5. The monoisotopic (exact) mass is 352 g/mol. The number of benzene rings is 1. The van der Waals surface area contributed by atoms with Crippen molar-refractivity contribution in [3.63, 3.8) is 0 Å². The van der Waals surface area contributed by atoms with Crippen molar-refractivity contribution >= 4 is 33.4 Å². The molecule has 0 bridgehead atoms. The predicted molar refractivity (Wildman–Crippen MR) is 87.0 cm³/mol. The van der Waals surface area contributed by atoms with Crippen molar-refractivity contribution in [3.05, 3.63) is 28.7 Å². The zero-order chi connectivity index (χ0) is 15.6. The van der Waals surface area contributed by atoms with Crippen LogP contribution in [0.4, 0.5) is 5.69 Å². The number of carbonyl (C=O) groups is 2. The molecule has 21 heavy (non-hydrogen) atoms. The summed E-state index contributed by atoms with van der Waals surface area (Å²) < 4.78 is 0.925. The Kier molecular flexibility index (Phi) is 5.04. The third-order valence-electron chi connectivity index (χ3n) is 4.01. The summed E-state index contributed by atoms with van der Waals surface area (Å²) in [6.45, 7) is 6.65. The molecular weight excluding hydrogens is 332 g/mol. The molecule has 4 nitrogen and oxygen atoms in total. The van der Waals surface area contributed by atoms with Crippen molar-refractivity contribution < 1.29 is 9.59 Å². The van der Waals surface area contributed by atoms with Crippen LogP contribution in [-0.2, 0) is 9.59 Å². The van der Waals surface area contributed by atoms with Gasteiger partial charge in [0.15, 0.2) is 0 Å². The number of carbonyl (C=O) groups excluding carboxylic acids is 2. The normalized spacial score (nSPS) is 20.0. The second kappa shape index (κ2) is 6.60. The fourth-order valence-electron chi connectivity index (χ4n) is 2.32. The lowest BCUT2D eigenvalue weighted by Crippen LogP contribution is -2.42. The summed E-state index contributed by atoms with van der Waals surface area (Å²) in [6.07, 6.45) is 0.571. The zero-order valence-corrected chi connectivity index (χ0v) is 14.2. The van der Waals surface area contributed by atoms with Crippen molar-refractivity contribution in [1.29, 1.82) is 0 Å². The predicted octanol–water partition coefficient (Wildman–Crippen LogP) is 2.96. The maximum Gasteiger partial charge on any atom is 0.239 e. The third kappa shape index (κ3) is 3.64. The first-order valence-corrected chi connectivity index (χ1v) is 8.06. The summed E-state index contributed by atoms with van der Waals surface area (Å²) in [6, 6.07) is 7.67. The molecule has 0 radical (unpaired) electrons. The van der Waals surface area contributed by atoms with Crippen LogP contribution in [0.1, 0.15) is 27.2 Å². The highest BCUT2D eigenvalue weighted by atomic mass is 79.9. The number of anilines is 1. The molecule has 0 aromatic heterocycles. The van der Waals surface area contributed by atoms with Crippen LogP contribution >= 0.6 is 15.9 Å². The van der Waals surface area contributed by atoms with Gasteiger partial charge in [-0.2, -0.15) is 0 Å². The van der Waals surface area contributed by atoms with Gasteiger partial charge in [-0.05, 0) is 37.5 Å². The van der Waals surface area contributed by atoms with Gasteiger partial charge in [-0.15, -0.1) is 0 Å². The van der Waals surface area contributed by atoms with E-state index in [1.165, 1.54) is 0 Å². The first-order valence-electron chi connectivity index (χ1n) is 7.27. The van der Waals surface area contributed by atoms with Crippen LogP contribution in [0.3, 0.4) is 0 Å². The van der Waals surface area contributed by atoms with Gasteiger partial charge < -0.3 is 10.2 Å². The van der Waals surface area contributed by atoms with E-state index in [-0.39, 0.29) is 17.9 Å². The van der Waals surface area contributed by atoms with E-state index in [1.54, 1.807) is 4.90 Å². The lowest BCUT2D eigenvalue weighted by molar-refractivity contribution is -0.132. The average Bonchev–Trinajstić information content (AvgIpc) is 2.80. The molecule has 0 saturated carbocycles. The Morgan fingerprint density at radius 2 is 2.10 bits per heavy atom. The number of amides is 2. The third-order valence-corrected chi connectivity index (χ3v) is 4.51. The Hall–Kier alpha value is -1.36. The smallest absolute Gasteiger partial charge is 0.239 e. The summed E-state index contributed by atoms with van der Waals surface area (Å²) in [5.41, 5.74) is 0.835. The van der Waals surface area contributed by atoms with E-state index in [2.05, 4.69) is 35.1 Å². The molecule has 2 rings (SSSR count). The molecule has 1 saturated heterocycles. The lowest BCUT2D eigenvalue weighted by atomic mass is 10.0. The van der Waals surface area contributed by atoms with Crippen LogP contribution in [-0.4, -0.2) is 24.4 Å². The molecule has 0 spiro atoms. The minimum atomic E-state index is -0.565. The van der Waals surface area contributed by atoms with Gasteiger partial charge in [0.05, 0.1) is 0 Å². The summed E-state index contributed by atoms with van der Waals surface area (Å²) in [7, 11) is 0. The van der Waals surface area contributed by atoms with Crippen LogP contribution in [0.2, 0.25) is 0 Å². The van der Waals surface area contributed by atoms with Gasteiger partial charge in [-0.25, -0.2) is 0 Å². The first kappa shape index (κ1) is 16.0. The molecule has 1 fully saturated rings. The number of rotatable bonds is 4. The second-order valence-corrected chi connectivity index (χ2v) is 6.77. The molecule has 1 N–H and O–H groups in total. The van der Waals surface area contributed by atoms with Crippen molar-refractivity contribution in [2.24, 2.45) is 11.8 Å². The van der Waals surface area contributed by atoms with Gasteiger partial charge in [0.2, 0.25) is 11.8 Å². The van der Waals surface area contributed by atoms with E-state index in [1.807, 2.05) is 31.2 Å². The Morgan fingerprint density at radius 1 is 1.38 bits per heavy atom. The molecule has 1 aromatic carbocycles. The summed E-state index contributed by atoms with van der Waals surface area (Å²) in [5.74, 6) is -0.475. The molecule has 5 heteroatoms. The van der Waals surface area contributed by atoms with Crippen LogP contribution < -0.4 is 10.2 Å². The Bertz CT molecular complexity index is 545. The molecule has 1 heterocycles. The molecule has 2 amide bonds. The zero-order valence-electron chi connectivity index (χ0n) is 12.6. The number of hydrogen-bond donors (Lipinski definition) is 1. The van der Waals surface area contributed by atoms with Crippen LogP contribution in [0.15, 0.2) is 28.7 Å². The van der Waals surface area contributed by atoms with E-state index >= 15 is 0 Å². The highest BCUT2D eigenvalue weighted by molar-refractivity contribution is 9.10. The Balaban J connectivity index is 2.06. The fourth-order valence-corrected chi connectivity index (χ4v) is 2.70. The largest absolute Gasteiger partial charge is 0.353 e. The van der Waals surface area contributed by atoms with Crippen LogP contribution in [0, 0.1) is 11.8 Å². The SMILES string of the molecule is CC(C)C(C)NC(=O)C1CCN(c2cccc(Br)c2)C1=O. The van der Waals surface area contributed by atoms with Gasteiger partial charge in [0, 0.05) is 22.7 Å². The summed E-state index contributed by atoms with van der Waals surface area (Å²) >= 11 is 3.40. The number of nitrogens with zero attached hydrogens (tertiary/aromatic N) is 1. The van der Waals surface area contributed by atoms with Crippen molar-refractivity contribution in [3.8, 4) is 0 Å². The molecule has 0 aliphatic carbocycles. The lowest BCUT2D eigenvalue weighted by Gasteiger charge is -2.20. The topological polar surface area (TPSA) is 49.4 Å². The minimum Gasteiger partial charge on any atom is -0.353 e. The summed E-state index contributed by atoms with van der Waals surface area (Å²) in [4.78, 5) is 26.4.